The van der Waals surface area contributed by atoms with Crippen LogP contribution in [0.1, 0.15) is 18.4 Å². The fraction of sp³-hybridized carbons (Fsp3) is 0.600. The molecular formula is C15H23BrN2O. The lowest BCUT2D eigenvalue weighted by Crippen LogP contribution is -2.41. The number of benzene rings is 1. The molecule has 0 aromatic heterocycles. The average Bonchev–Trinajstić information content (AvgIpc) is 2.52. The summed E-state index contributed by atoms with van der Waals surface area (Å²) in [4.78, 5) is 4.81. The van der Waals surface area contributed by atoms with Crippen molar-refractivity contribution < 1.29 is 5.11 Å². The van der Waals surface area contributed by atoms with E-state index in [1.807, 2.05) is 0 Å². The van der Waals surface area contributed by atoms with Crippen LogP contribution in [0.4, 0.5) is 5.69 Å². The highest BCUT2D eigenvalue weighted by atomic mass is 79.9. The maximum absolute atomic E-state index is 9.32. The minimum absolute atomic E-state index is 0.248. The predicted octanol–water partition coefficient (Wildman–Crippen LogP) is 2.65. The van der Waals surface area contributed by atoms with E-state index >= 15 is 0 Å². The first-order valence-corrected chi connectivity index (χ1v) is 7.73. The minimum atomic E-state index is 0.248. The van der Waals surface area contributed by atoms with E-state index < -0.39 is 0 Å². The Balaban J connectivity index is 2.27. The van der Waals surface area contributed by atoms with Crippen molar-refractivity contribution in [2.75, 3.05) is 38.2 Å². The number of aliphatic hydroxyl groups is 1. The number of anilines is 1. The number of likely N-dealkylation sites (N-methyl/N-ethyl adjacent to an activating group) is 1. The number of aliphatic hydroxyl groups excluding tert-OH is 1. The normalized spacial score (nSPS) is 21.5. The highest BCUT2D eigenvalue weighted by Crippen LogP contribution is 2.30. The molecule has 1 aromatic rings. The molecule has 19 heavy (non-hydrogen) atoms. The third kappa shape index (κ3) is 3.71. The Morgan fingerprint density at radius 2 is 2.16 bits per heavy atom. The lowest BCUT2D eigenvalue weighted by atomic mass is 10.1. The average molecular weight is 327 g/mol. The number of hydrogen-bond donors (Lipinski definition) is 1. The van der Waals surface area contributed by atoms with Gasteiger partial charge in [0.2, 0.25) is 0 Å². The van der Waals surface area contributed by atoms with Crippen molar-refractivity contribution in [3.8, 4) is 0 Å². The lowest BCUT2D eigenvalue weighted by molar-refractivity contribution is 0.253. The summed E-state index contributed by atoms with van der Waals surface area (Å²) in [5.74, 6) is 0. The Hall–Kier alpha value is -0.580. The van der Waals surface area contributed by atoms with Crippen molar-refractivity contribution in [1.29, 1.82) is 0 Å². The van der Waals surface area contributed by atoms with Crippen molar-refractivity contribution in [1.82, 2.24) is 4.90 Å². The molecule has 0 radical (unpaired) electrons. The van der Waals surface area contributed by atoms with Crippen molar-refractivity contribution in [3.63, 3.8) is 0 Å². The molecule has 2 rings (SSSR count). The van der Waals surface area contributed by atoms with E-state index in [1.165, 1.54) is 17.7 Å². The predicted molar refractivity (Wildman–Crippen MR) is 83.8 cm³/mol. The van der Waals surface area contributed by atoms with Gasteiger partial charge in [0.15, 0.2) is 0 Å². The van der Waals surface area contributed by atoms with Gasteiger partial charge in [0, 0.05) is 30.2 Å². The van der Waals surface area contributed by atoms with Crippen LogP contribution < -0.4 is 4.90 Å². The van der Waals surface area contributed by atoms with Crippen LogP contribution in [-0.2, 0) is 0 Å². The topological polar surface area (TPSA) is 26.7 Å². The first-order chi connectivity index (χ1) is 9.11. The molecule has 0 saturated carbocycles. The van der Waals surface area contributed by atoms with Gasteiger partial charge in [-0.3, -0.25) is 0 Å². The van der Waals surface area contributed by atoms with E-state index in [2.05, 4.69) is 57.9 Å². The summed E-state index contributed by atoms with van der Waals surface area (Å²) in [5.41, 5.74) is 2.51. The monoisotopic (exact) mass is 326 g/mol. The fourth-order valence-corrected chi connectivity index (χ4v) is 3.52. The highest BCUT2D eigenvalue weighted by molar-refractivity contribution is 9.10. The van der Waals surface area contributed by atoms with E-state index in [-0.39, 0.29) is 6.61 Å². The second-order valence-electron chi connectivity index (χ2n) is 5.43. The zero-order chi connectivity index (χ0) is 13.8. The second kappa shape index (κ2) is 6.73. The first kappa shape index (κ1) is 14.8. The number of hydrogen-bond acceptors (Lipinski definition) is 3. The molecule has 0 spiro atoms. The number of aryl methyl sites for hydroxylation is 1. The first-order valence-electron chi connectivity index (χ1n) is 6.94. The summed E-state index contributed by atoms with van der Waals surface area (Å²) in [7, 11) is 2.16. The SMILES string of the molecule is Cc1ccc(N2CCCN(C)CC2CCO)c(Br)c1. The molecule has 3 nitrogen and oxygen atoms in total. The molecular weight excluding hydrogens is 304 g/mol. The minimum Gasteiger partial charge on any atom is -0.396 e. The van der Waals surface area contributed by atoms with Gasteiger partial charge in [-0.25, -0.2) is 0 Å². The van der Waals surface area contributed by atoms with E-state index in [9.17, 15) is 5.11 Å². The van der Waals surface area contributed by atoms with Crippen LogP contribution in [0.15, 0.2) is 22.7 Å². The maximum Gasteiger partial charge on any atom is 0.0513 e. The summed E-state index contributed by atoms with van der Waals surface area (Å²) in [5, 5.41) is 9.32. The van der Waals surface area contributed by atoms with Gasteiger partial charge < -0.3 is 14.9 Å². The molecule has 1 saturated heterocycles. The molecule has 0 aliphatic carbocycles. The summed E-state index contributed by atoms with van der Waals surface area (Å²) in [6, 6.07) is 6.90. The van der Waals surface area contributed by atoms with Gasteiger partial charge in [0.25, 0.3) is 0 Å². The Labute approximate surface area is 124 Å². The van der Waals surface area contributed by atoms with Crippen LogP contribution in [0.5, 0.6) is 0 Å². The number of rotatable bonds is 3. The zero-order valence-corrected chi connectivity index (χ0v) is 13.4. The smallest absolute Gasteiger partial charge is 0.0513 e. The van der Waals surface area contributed by atoms with Gasteiger partial charge in [0.05, 0.1) is 5.69 Å². The Morgan fingerprint density at radius 3 is 2.84 bits per heavy atom. The molecule has 1 fully saturated rings. The van der Waals surface area contributed by atoms with Crippen molar-refractivity contribution in [3.05, 3.63) is 28.2 Å². The van der Waals surface area contributed by atoms with Gasteiger partial charge in [0.1, 0.15) is 0 Å². The van der Waals surface area contributed by atoms with Gasteiger partial charge in [-0.1, -0.05) is 6.07 Å². The van der Waals surface area contributed by atoms with Crippen LogP contribution >= 0.6 is 15.9 Å². The van der Waals surface area contributed by atoms with Crippen LogP contribution in [0, 0.1) is 6.92 Å². The van der Waals surface area contributed by atoms with Gasteiger partial charge in [-0.15, -0.1) is 0 Å². The molecule has 106 valence electrons. The summed E-state index contributed by atoms with van der Waals surface area (Å²) in [6.45, 7) is 5.55. The summed E-state index contributed by atoms with van der Waals surface area (Å²) >= 11 is 3.68. The van der Waals surface area contributed by atoms with Crippen LogP contribution in [0.2, 0.25) is 0 Å². The van der Waals surface area contributed by atoms with Crippen molar-refractivity contribution in [2.24, 2.45) is 0 Å². The molecule has 1 aliphatic heterocycles. The van der Waals surface area contributed by atoms with E-state index in [0.717, 1.165) is 30.5 Å². The third-order valence-corrected chi connectivity index (χ3v) is 4.41. The Morgan fingerprint density at radius 1 is 1.37 bits per heavy atom. The molecule has 0 bridgehead atoms. The third-order valence-electron chi connectivity index (χ3n) is 3.78. The lowest BCUT2D eigenvalue weighted by Gasteiger charge is -2.33. The van der Waals surface area contributed by atoms with Crippen LogP contribution in [-0.4, -0.2) is 49.3 Å². The molecule has 4 heteroatoms. The molecule has 1 N–H and O–H groups in total. The second-order valence-corrected chi connectivity index (χ2v) is 6.28. The standard InChI is InChI=1S/C15H23BrN2O/c1-12-4-5-15(14(16)10-12)18-8-3-7-17(2)11-13(18)6-9-19/h4-5,10,13,19H,3,6-9,11H2,1-2H3. The largest absolute Gasteiger partial charge is 0.396 e. The van der Waals surface area contributed by atoms with Gasteiger partial charge >= 0.3 is 0 Å². The van der Waals surface area contributed by atoms with Crippen molar-refractivity contribution >= 4 is 21.6 Å². The van der Waals surface area contributed by atoms with Crippen LogP contribution in [0.3, 0.4) is 0 Å². The molecule has 0 amide bonds. The molecule has 1 unspecified atom stereocenters. The van der Waals surface area contributed by atoms with Crippen molar-refractivity contribution in [2.45, 2.75) is 25.8 Å². The molecule has 1 aromatic carbocycles. The summed E-state index contributed by atoms with van der Waals surface area (Å²) in [6.07, 6.45) is 1.99. The Kier molecular flexibility index (Phi) is 5.25. The van der Waals surface area contributed by atoms with Gasteiger partial charge in [-0.2, -0.15) is 0 Å². The van der Waals surface area contributed by atoms with E-state index in [1.54, 1.807) is 0 Å². The molecule has 1 aliphatic rings. The zero-order valence-electron chi connectivity index (χ0n) is 11.8. The number of halogens is 1. The molecule has 1 atom stereocenters. The van der Waals surface area contributed by atoms with Crippen LogP contribution in [0.25, 0.3) is 0 Å². The van der Waals surface area contributed by atoms with Gasteiger partial charge in [-0.05, 0) is 67.0 Å². The molecule has 1 heterocycles. The summed E-state index contributed by atoms with van der Waals surface area (Å²) < 4.78 is 1.15. The fourth-order valence-electron chi connectivity index (χ4n) is 2.80. The van der Waals surface area contributed by atoms with E-state index in [4.69, 9.17) is 0 Å². The number of nitrogens with zero attached hydrogens (tertiary/aromatic N) is 2. The van der Waals surface area contributed by atoms with E-state index in [0.29, 0.717) is 6.04 Å². The Bertz CT molecular complexity index is 425. The quantitative estimate of drug-likeness (QED) is 0.925. The highest BCUT2D eigenvalue weighted by Gasteiger charge is 2.24. The maximum atomic E-state index is 9.32.